The Kier molecular flexibility index (Phi) is 4.82. The van der Waals surface area contributed by atoms with Gasteiger partial charge in [0.15, 0.2) is 5.82 Å². The van der Waals surface area contributed by atoms with Crippen molar-refractivity contribution in [3.8, 4) is 0 Å². The van der Waals surface area contributed by atoms with E-state index in [0.717, 1.165) is 12.1 Å². The van der Waals surface area contributed by atoms with E-state index in [9.17, 15) is 17.6 Å². The Balaban J connectivity index is 2.30. The Morgan fingerprint density at radius 2 is 2.00 bits per heavy atom. The summed E-state index contributed by atoms with van der Waals surface area (Å²) in [4.78, 5) is 11.3. The number of halogens is 2. The van der Waals surface area contributed by atoms with Crippen LogP contribution in [0.5, 0.6) is 0 Å². The fraction of sp³-hybridized carbons (Fsp3) is 0.417. The highest BCUT2D eigenvalue weighted by atomic mass is 35.5. The first-order chi connectivity index (χ1) is 9.79. The lowest BCUT2D eigenvalue weighted by molar-refractivity contribution is 0.0694. The number of carbonyl (C=O) groups excluding carboxylic acids is 1. The van der Waals surface area contributed by atoms with E-state index in [4.69, 9.17) is 21.5 Å². The molecule has 116 valence electrons. The summed E-state index contributed by atoms with van der Waals surface area (Å²) in [6, 6.07) is 1.79. The number of hydrogen-bond donors (Lipinski definition) is 2. The molecule has 1 aromatic carbocycles. The summed E-state index contributed by atoms with van der Waals surface area (Å²) in [5, 5.41) is 7.45. The molecule has 3 N–H and O–H groups in total. The Hall–Kier alpha value is -1.22. The number of nitrogens with one attached hydrogen (secondary N) is 1. The third kappa shape index (κ3) is 3.91. The fourth-order valence-electron chi connectivity index (χ4n) is 2.04. The zero-order valence-electron chi connectivity index (χ0n) is 10.9. The zero-order valence-corrected chi connectivity index (χ0v) is 12.5. The van der Waals surface area contributed by atoms with Gasteiger partial charge in [0.1, 0.15) is 4.90 Å². The second kappa shape index (κ2) is 6.27. The average molecular weight is 337 g/mol. The number of sulfonamides is 1. The smallest absolute Gasteiger partial charge is 0.254 e. The highest BCUT2D eigenvalue weighted by molar-refractivity contribution is 7.89. The Morgan fingerprint density at radius 3 is 2.57 bits per heavy atom. The molecule has 0 aromatic heterocycles. The van der Waals surface area contributed by atoms with E-state index in [1.807, 2.05) is 0 Å². The van der Waals surface area contributed by atoms with Crippen LogP contribution in [0.4, 0.5) is 4.39 Å². The fourth-order valence-corrected chi connectivity index (χ4v) is 2.98. The molecule has 1 heterocycles. The van der Waals surface area contributed by atoms with Crippen molar-refractivity contribution in [2.75, 3.05) is 13.2 Å². The summed E-state index contributed by atoms with van der Waals surface area (Å²) >= 11 is 5.73. The molecule has 0 saturated carbocycles. The van der Waals surface area contributed by atoms with Gasteiger partial charge in [-0.1, -0.05) is 11.6 Å². The van der Waals surface area contributed by atoms with Crippen LogP contribution in [0.2, 0.25) is 5.02 Å². The molecule has 2 rings (SSSR count). The average Bonchev–Trinajstić information content (AvgIpc) is 2.40. The molecule has 0 spiro atoms. The second-order valence-corrected chi connectivity index (χ2v) is 6.64. The lowest BCUT2D eigenvalue weighted by atomic mass is 10.1. The highest BCUT2D eigenvalue weighted by Crippen LogP contribution is 2.23. The number of ether oxygens (including phenoxy) is 1. The first kappa shape index (κ1) is 16.2. The zero-order chi connectivity index (χ0) is 15.6. The normalized spacial score (nSPS) is 16.7. The van der Waals surface area contributed by atoms with Crippen LogP contribution < -0.4 is 10.5 Å². The Labute approximate surface area is 126 Å². The number of benzene rings is 1. The minimum absolute atomic E-state index is 0.0856. The van der Waals surface area contributed by atoms with Gasteiger partial charge in [-0.05, 0) is 25.0 Å². The van der Waals surface area contributed by atoms with Gasteiger partial charge in [0.25, 0.3) is 5.91 Å². The first-order valence-corrected chi connectivity index (χ1v) is 8.12. The van der Waals surface area contributed by atoms with Crippen LogP contribution in [0.25, 0.3) is 0 Å². The van der Waals surface area contributed by atoms with E-state index in [1.165, 1.54) is 0 Å². The lowest BCUT2D eigenvalue weighted by Crippen LogP contribution is -2.39. The van der Waals surface area contributed by atoms with Crippen molar-refractivity contribution >= 4 is 27.5 Å². The molecule has 1 aromatic rings. The summed E-state index contributed by atoms with van der Waals surface area (Å²) in [5.41, 5.74) is -0.446. The predicted octanol–water partition coefficient (Wildman–Crippen LogP) is 1.04. The van der Waals surface area contributed by atoms with Crippen LogP contribution in [-0.2, 0) is 14.8 Å². The molecule has 1 amide bonds. The van der Waals surface area contributed by atoms with Gasteiger partial charge in [-0.3, -0.25) is 4.79 Å². The molecule has 1 aliphatic rings. The predicted molar refractivity (Wildman–Crippen MR) is 74.1 cm³/mol. The van der Waals surface area contributed by atoms with E-state index < -0.39 is 32.2 Å². The summed E-state index contributed by atoms with van der Waals surface area (Å²) < 4.78 is 41.9. The van der Waals surface area contributed by atoms with Crippen LogP contribution in [0.1, 0.15) is 23.2 Å². The monoisotopic (exact) mass is 336 g/mol. The topological polar surface area (TPSA) is 98.5 Å². The van der Waals surface area contributed by atoms with E-state index >= 15 is 0 Å². The molecule has 1 fully saturated rings. The van der Waals surface area contributed by atoms with E-state index in [2.05, 4.69) is 5.32 Å². The summed E-state index contributed by atoms with van der Waals surface area (Å²) in [5.74, 6) is -1.93. The van der Waals surface area contributed by atoms with Crippen molar-refractivity contribution in [1.29, 1.82) is 0 Å². The molecule has 1 aliphatic heterocycles. The number of rotatable bonds is 3. The largest absolute Gasteiger partial charge is 0.381 e. The van der Waals surface area contributed by atoms with Crippen molar-refractivity contribution in [2.45, 2.75) is 23.8 Å². The van der Waals surface area contributed by atoms with Crippen molar-refractivity contribution in [2.24, 2.45) is 5.14 Å². The van der Waals surface area contributed by atoms with Crippen molar-refractivity contribution in [3.63, 3.8) is 0 Å². The Morgan fingerprint density at radius 1 is 1.38 bits per heavy atom. The third-order valence-electron chi connectivity index (χ3n) is 3.11. The summed E-state index contributed by atoms with van der Waals surface area (Å²) in [6.45, 7) is 1.01. The van der Waals surface area contributed by atoms with Gasteiger partial charge in [-0.25, -0.2) is 17.9 Å². The third-order valence-corrected chi connectivity index (χ3v) is 4.24. The SMILES string of the molecule is NS(=O)(=O)c1cc(Cl)cc(C(=O)NC2CCOCC2)c1F. The van der Waals surface area contributed by atoms with Gasteiger partial charge >= 0.3 is 0 Å². The molecule has 9 heteroatoms. The lowest BCUT2D eigenvalue weighted by Gasteiger charge is -2.23. The minimum atomic E-state index is -4.30. The van der Waals surface area contributed by atoms with Crippen molar-refractivity contribution in [1.82, 2.24) is 5.32 Å². The summed E-state index contributed by atoms with van der Waals surface area (Å²) in [6.07, 6.45) is 1.21. The first-order valence-electron chi connectivity index (χ1n) is 6.19. The maximum Gasteiger partial charge on any atom is 0.254 e. The number of nitrogens with two attached hydrogens (primary N) is 1. The number of hydrogen-bond acceptors (Lipinski definition) is 4. The maximum atomic E-state index is 14.1. The van der Waals surface area contributed by atoms with Crippen LogP contribution in [0, 0.1) is 5.82 Å². The van der Waals surface area contributed by atoms with Gasteiger partial charge in [-0.15, -0.1) is 0 Å². The number of amides is 1. The quantitative estimate of drug-likeness (QED) is 0.861. The molecule has 0 bridgehead atoms. The number of carbonyl (C=O) groups is 1. The van der Waals surface area contributed by atoms with Crippen molar-refractivity contribution < 1.29 is 22.3 Å². The molecular weight excluding hydrogens is 323 g/mol. The molecule has 21 heavy (non-hydrogen) atoms. The van der Waals surface area contributed by atoms with Gasteiger partial charge < -0.3 is 10.1 Å². The van der Waals surface area contributed by atoms with Crippen LogP contribution in [-0.4, -0.2) is 33.6 Å². The van der Waals surface area contributed by atoms with E-state index in [1.54, 1.807) is 0 Å². The molecular formula is C12H14ClFN2O4S. The van der Waals surface area contributed by atoms with Crippen molar-refractivity contribution in [3.05, 3.63) is 28.5 Å². The molecule has 6 nitrogen and oxygen atoms in total. The van der Waals surface area contributed by atoms with Crippen LogP contribution in [0.3, 0.4) is 0 Å². The van der Waals surface area contributed by atoms with Gasteiger partial charge in [-0.2, -0.15) is 0 Å². The van der Waals surface area contributed by atoms with Crippen LogP contribution >= 0.6 is 11.6 Å². The summed E-state index contributed by atoms with van der Waals surface area (Å²) in [7, 11) is -4.30. The van der Waals surface area contributed by atoms with Gasteiger partial charge in [0.2, 0.25) is 10.0 Å². The van der Waals surface area contributed by atoms with E-state index in [0.29, 0.717) is 26.1 Å². The van der Waals surface area contributed by atoms with Gasteiger partial charge in [0.05, 0.1) is 5.56 Å². The van der Waals surface area contributed by atoms with E-state index in [-0.39, 0.29) is 11.1 Å². The standard InChI is InChI=1S/C12H14ClFN2O4S/c13-7-5-9(11(14)10(6-7)21(15,18)19)12(17)16-8-1-3-20-4-2-8/h5-6,8H,1-4H2,(H,16,17)(H2,15,18,19). The van der Waals surface area contributed by atoms with Gasteiger partial charge in [0, 0.05) is 24.3 Å². The highest BCUT2D eigenvalue weighted by Gasteiger charge is 2.24. The second-order valence-electron chi connectivity index (χ2n) is 4.67. The molecule has 0 atom stereocenters. The minimum Gasteiger partial charge on any atom is -0.381 e. The van der Waals surface area contributed by atoms with Crippen LogP contribution in [0.15, 0.2) is 17.0 Å². The Bertz CT molecular complexity index is 659. The molecule has 1 saturated heterocycles. The molecule has 0 radical (unpaired) electrons. The molecule has 0 aliphatic carbocycles. The molecule has 0 unspecified atom stereocenters. The maximum absolute atomic E-state index is 14.1. The number of primary sulfonamides is 1.